The van der Waals surface area contributed by atoms with Crippen molar-refractivity contribution in [3.8, 4) is 11.5 Å². The van der Waals surface area contributed by atoms with Crippen LogP contribution in [0.4, 0.5) is 0 Å². The van der Waals surface area contributed by atoms with Gasteiger partial charge in [-0.05, 0) is 43.2 Å². The van der Waals surface area contributed by atoms with Gasteiger partial charge in [0.25, 0.3) is 5.91 Å². The lowest BCUT2D eigenvalue weighted by Crippen LogP contribution is -2.38. The van der Waals surface area contributed by atoms with Crippen molar-refractivity contribution in [2.24, 2.45) is 0 Å². The van der Waals surface area contributed by atoms with E-state index in [1.165, 1.54) is 5.56 Å². The molecule has 0 radical (unpaired) electrons. The summed E-state index contributed by atoms with van der Waals surface area (Å²) in [5.74, 6) is 1.35. The van der Waals surface area contributed by atoms with Crippen molar-refractivity contribution in [2.45, 2.75) is 32.8 Å². The Hall–Kier alpha value is -2.49. The maximum atomic E-state index is 12.0. The lowest BCUT2D eigenvalue weighted by molar-refractivity contribution is -0.127. The first-order chi connectivity index (χ1) is 11.7. The van der Waals surface area contributed by atoms with Crippen LogP contribution in [0.3, 0.4) is 0 Å². The van der Waals surface area contributed by atoms with Crippen LogP contribution in [-0.2, 0) is 11.2 Å². The molecule has 2 rings (SSSR count). The summed E-state index contributed by atoms with van der Waals surface area (Å²) in [7, 11) is 0. The summed E-state index contributed by atoms with van der Waals surface area (Å²) < 4.78 is 11.2. The van der Waals surface area contributed by atoms with E-state index in [2.05, 4.69) is 24.4 Å². The first kappa shape index (κ1) is 17.9. The van der Waals surface area contributed by atoms with Crippen molar-refractivity contribution < 1.29 is 14.3 Å². The zero-order chi connectivity index (χ0) is 17.2. The van der Waals surface area contributed by atoms with Crippen LogP contribution >= 0.6 is 0 Å². The minimum atomic E-state index is -0.541. The summed E-state index contributed by atoms with van der Waals surface area (Å²) in [4.78, 5) is 12.0. The van der Waals surface area contributed by atoms with E-state index in [4.69, 9.17) is 9.47 Å². The molecular weight excluding hydrogens is 302 g/mol. The number of ether oxygens (including phenoxy) is 2. The number of nitrogens with one attached hydrogen (secondary N) is 1. The zero-order valence-electron chi connectivity index (χ0n) is 14.3. The molecule has 0 fully saturated rings. The molecule has 0 saturated heterocycles. The fourth-order valence-corrected chi connectivity index (χ4v) is 2.28. The van der Waals surface area contributed by atoms with Crippen molar-refractivity contribution in [3.63, 3.8) is 0 Å². The zero-order valence-corrected chi connectivity index (χ0v) is 14.3. The van der Waals surface area contributed by atoms with E-state index in [0.717, 1.165) is 18.6 Å². The van der Waals surface area contributed by atoms with Crippen molar-refractivity contribution >= 4 is 5.91 Å². The predicted octanol–water partition coefficient (Wildman–Crippen LogP) is 3.60. The Morgan fingerprint density at radius 2 is 1.75 bits per heavy atom. The third-order valence-electron chi connectivity index (χ3n) is 3.56. The molecule has 0 unspecified atom stereocenters. The maximum absolute atomic E-state index is 12.0. The van der Waals surface area contributed by atoms with Crippen LogP contribution in [0, 0.1) is 0 Å². The number of benzene rings is 2. The van der Waals surface area contributed by atoms with Gasteiger partial charge in [-0.1, -0.05) is 43.7 Å². The molecule has 1 atom stereocenters. The molecule has 0 aliphatic heterocycles. The molecule has 0 heterocycles. The van der Waals surface area contributed by atoms with E-state index in [9.17, 15) is 4.79 Å². The summed E-state index contributed by atoms with van der Waals surface area (Å²) >= 11 is 0. The Labute approximate surface area is 143 Å². The molecule has 128 valence electrons. The number of para-hydroxylation sites is 1. The molecule has 4 heteroatoms. The Morgan fingerprint density at radius 1 is 1.04 bits per heavy atom. The Balaban J connectivity index is 1.66. The van der Waals surface area contributed by atoms with E-state index in [-0.39, 0.29) is 5.91 Å². The molecule has 4 nitrogen and oxygen atoms in total. The average Bonchev–Trinajstić information content (AvgIpc) is 2.61. The molecule has 0 spiro atoms. The lowest BCUT2D eigenvalue weighted by Gasteiger charge is -2.15. The third kappa shape index (κ3) is 5.95. The van der Waals surface area contributed by atoms with Gasteiger partial charge in [-0.25, -0.2) is 0 Å². The van der Waals surface area contributed by atoms with Crippen LogP contribution < -0.4 is 14.8 Å². The van der Waals surface area contributed by atoms with Crippen molar-refractivity contribution in [1.82, 2.24) is 5.32 Å². The fraction of sp³-hybridized carbons (Fsp3) is 0.350. The van der Waals surface area contributed by atoms with E-state index in [1.807, 2.05) is 42.5 Å². The highest BCUT2D eigenvalue weighted by Crippen LogP contribution is 2.13. The Kier molecular flexibility index (Phi) is 7.15. The first-order valence-electron chi connectivity index (χ1n) is 8.40. The molecule has 1 amide bonds. The molecule has 0 aromatic heterocycles. The van der Waals surface area contributed by atoms with Gasteiger partial charge in [0.1, 0.15) is 18.1 Å². The molecular formula is C20H25NO3. The smallest absolute Gasteiger partial charge is 0.260 e. The highest BCUT2D eigenvalue weighted by molar-refractivity contribution is 5.80. The number of carbonyl (C=O) groups is 1. The minimum Gasteiger partial charge on any atom is -0.492 e. The monoisotopic (exact) mass is 327 g/mol. The summed E-state index contributed by atoms with van der Waals surface area (Å²) in [6.07, 6.45) is 1.67. The first-order valence-corrected chi connectivity index (χ1v) is 8.40. The van der Waals surface area contributed by atoms with Crippen molar-refractivity contribution in [3.05, 3.63) is 60.2 Å². The van der Waals surface area contributed by atoms with Gasteiger partial charge in [0, 0.05) is 0 Å². The van der Waals surface area contributed by atoms with Gasteiger partial charge in [-0.15, -0.1) is 0 Å². The number of rotatable bonds is 9. The number of aryl methyl sites for hydroxylation is 1. The molecule has 2 aromatic carbocycles. The lowest BCUT2D eigenvalue weighted by atomic mass is 10.1. The third-order valence-corrected chi connectivity index (χ3v) is 3.56. The SMILES string of the molecule is CCCc1ccc(OCCNC(=O)[C@@H](C)Oc2ccccc2)cc1. The highest BCUT2D eigenvalue weighted by atomic mass is 16.5. The van der Waals surface area contributed by atoms with E-state index >= 15 is 0 Å². The number of hydrogen-bond donors (Lipinski definition) is 1. The fourth-order valence-electron chi connectivity index (χ4n) is 2.28. The van der Waals surface area contributed by atoms with Crippen LogP contribution in [0.2, 0.25) is 0 Å². The Bertz CT molecular complexity index is 611. The number of carbonyl (C=O) groups excluding carboxylic acids is 1. The van der Waals surface area contributed by atoms with Crippen LogP contribution in [0.5, 0.6) is 11.5 Å². The number of amides is 1. The topological polar surface area (TPSA) is 47.6 Å². The van der Waals surface area contributed by atoms with E-state index in [1.54, 1.807) is 6.92 Å². The van der Waals surface area contributed by atoms with Gasteiger partial charge in [0.05, 0.1) is 6.54 Å². The molecule has 24 heavy (non-hydrogen) atoms. The summed E-state index contributed by atoms with van der Waals surface area (Å²) in [5, 5.41) is 2.82. The molecule has 0 bridgehead atoms. The molecule has 0 saturated carbocycles. The van der Waals surface area contributed by atoms with Crippen LogP contribution in [0.15, 0.2) is 54.6 Å². The Morgan fingerprint density at radius 3 is 2.42 bits per heavy atom. The maximum Gasteiger partial charge on any atom is 0.260 e. The van der Waals surface area contributed by atoms with Gasteiger partial charge < -0.3 is 14.8 Å². The van der Waals surface area contributed by atoms with Gasteiger partial charge in [-0.3, -0.25) is 4.79 Å². The van der Waals surface area contributed by atoms with Gasteiger partial charge in [0.15, 0.2) is 6.10 Å². The van der Waals surface area contributed by atoms with Crippen LogP contribution in [-0.4, -0.2) is 25.2 Å². The summed E-state index contributed by atoms with van der Waals surface area (Å²) in [5.41, 5.74) is 1.31. The second-order valence-electron chi connectivity index (χ2n) is 5.61. The van der Waals surface area contributed by atoms with Crippen LogP contribution in [0.25, 0.3) is 0 Å². The molecule has 0 aliphatic rings. The largest absolute Gasteiger partial charge is 0.492 e. The van der Waals surface area contributed by atoms with Crippen LogP contribution in [0.1, 0.15) is 25.8 Å². The molecule has 2 aromatic rings. The van der Waals surface area contributed by atoms with Gasteiger partial charge >= 0.3 is 0 Å². The molecule has 0 aliphatic carbocycles. The van der Waals surface area contributed by atoms with Gasteiger partial charge in [-0.2, -0.15) is 0 Å². The van der Waals surface area contributed by atoms with Crippen molar-refractivity contribution in [1.29, 1.82) is 0 Å². The van der Waals surface area contributed by atoms with E-state index in [0.29, 0.717) is 18.9 Å². The molecule has 1 N–H and O–H groups in total. The highest BCUT2D eigenvalue weighted by Gasteiger charge is 2.13. The predicted molar refractivity (Wildman–Crippen MR) is 95.5 cm³/mol. The minimum absolute atomic E-state index is 0.152. The summed E-state index contributed by atoms with van der Waals surface area (Å²) in [6.45, 7) is 4.76. The standard InChI is InChI=1S/C20H25NO3/c1-3-7-17-10-12-18(13-11-17)23-15-14-21-20(22)16(2)24-19-8-5-4-6-9-19/h4-6,8-13,16H,3,7,14-15H2,1-2H3,(H,21,22)/t16-/m1/s1. The van der Waals surface area contributed by atoms with Gasteiger partial charge in [0.2, 0.25) is 0 Å². The summed E-state index contributed by atoms with van der Waals surface area (Å²) in [6, 6.07) is 17.4. The second kappa shape index (κ2) is 9.60. The van der Waals surface area contributed by atoms with Crippen molar-refractivity contribution in [2.75, 3.05) is 13.2 Å². The number of hydrogen-bond acceptors (Lipinski definition) is 3. The second-order valence-corrected chi connectivity index (χ2v) is 5.61. The van der Waals surface area contributed by atoms with E-state index < -0.39 is 6.10 Å². The quantitative estimate of drug-likeness (QED) is 0.716. The average molecular weight is 327 g/mol. The normalized spacial score (nSPS) is 11.6.